The van der Waals surface area contributed by atoms with E-state index in [0.717, 1.165) is 30.9 Å². The van der Waals surface area contributed by atoms with Crippen LogP contribution in [0.2, 0.25) is 5.15 Å². The molecule has 2 aliphatic heterocycles. The molecule has 1 fully saturated rings. The molecule has 3 rings (SSSR count). The number of rotatable bonds is 0. The molecular weight excluding hydrogens is 226 g/mol. The number of carbonyl (C=O) groups is 1. The molecule has 0 saturated carbocycles. The van der Waals surface area contributed by atoms with Gasteiger partial charge >= 0.3 is 0 Å². The minimum absolute atomic E-state index is 0.0692. The Morgan fingerprint density at radius 3 is 3.25 bits per heavy atom. The van der Waals surface area contributed by atoms with E-state index in [-0.39, 0.29) is 11.9 Å². The molecule has 0 spiro atoms. The molecule has 1 saturated heterocycles. The van der Waals surface area contributed by atoms with Crippen LogP contribution >= 0.6 is 11.6 Å². The van der Waals surface area contributed by atoms with Crippen LogP contribution in [0.15, 0.2) is 12.1 Å². The third kappa shape index (κ3) is 1.53. The summed E-state index contributed by atoms with van der Waals surface area (Å²) in [4.78, 5) is 18.2. The molecule has 1 aromatic heterocycles. The molecule has 4 nitrogen and oxygen atoms in total. The van der Waals surface area contributed by atoms with Crippen molar-refractivity contribution >= 4 is 29.0 Å². The van der Waals surface area contributed by atoms with Crippen LogP contribution in [0.1, 0.15) is 19.3 Å². The molecule has 0 aliphatic carbocycles. The smallest absolute Gasteiger partial charge is 0.226 e. The van der Waals surface area contributed by atoms with Crippen LogP contribution in [-0.2, 0) is 4.79 Å². The Morgan fingerprint density at radius 1 is 1.50 bits per heavy atom. The van der Waals surface area contributed by atoms with Crippen molar-refractivity contribution < 1.29 is 4.79 Å². The van der Waals surface area contributed by atoms with E-state index in [2.05, 4.69) is 15.2 Å². The summed E-state index contributed by atoms with van der Waals surface area (Å²) in [6, 6.07) is 3.81. The summed E-state index contributed by atoms with van der Waals surface area (Å²) in [5.74, 6) is 0.889. The number of carbonyl (C=O) groups excluding carboxylic acids is 1. The topological polar surface area (TPSA) is 45.2 Å². The summed E-state index contributed by atoms with van der Waals surface area (Å²) < 4.78 is 0. The minimum atomic E-state index is 0.0692. The minimum Gasteiger partial charge on any atom is -0.351 e. The molecule has 1 atom stereocenters. The molecular formula is C11H12ClN3O. The Bertz CT molecular complexity index is 449. The van der Waals surface area contributed by atoms with Gasteiger partial charge in [-0.2, -0.15) is 0 Å². The lowest BCUT2D eigenvalue weighted by Crippen LogP contribution is -2.30. The average Bonchev–Trinajstić information content (AvgIpc) is 2.64. The maximum atomic E-state index is 11.7. The third-order valence-electron chi connectivity index (χ3n) is 3.19. The fourth-order valence-corrected chi connectivity index (χ4v) is 2.63. The third-order valence-corrected chi connectivity index (χ3v) is 3.40. The number of anilines is 2. The number of aromatic nitrogens is 1. The van der Waals surface area contributed by atoms with Crippen molar-refractivity contribution in [2.45, 2.75) is 25.3 Å². The highest BCUT2D eigenvalue weighted by atomic mass is 35.5. The first-order valence-corrected chi connectivity index (χ1v) is 5.85. The maximum Gasteiger partial charge on any atom is 0.226 e. The number of nitrogens with one attached hydrogen (secondary N) is 1. The second-order valence-electron chi connectivity index (χ2n) is 4.25. The maximum absolute atomic E-state index is 11.7. The molecule has 84 valence electrons. The van der Waals surface area contributed by atoms with Gasteiger partial charge in [0.25, 0.3) is 0 Å². The lowest BCUT2D eigenvalue weighted by molar-refractivity contribution is -0.116. The molecule has 1 unspecified atom stereocenters. The molecule has 1 N–H and O–H groups in total. The number of hydrogen-bond acceptors (Lipinski definition) is 3. The van der Waals surface area contributed by atoms with Gasteiger partial charge in [0.1, 0.15) is 5.15 Å². The highest BCUT2D eigenvalue weighted by Gasteiger charge is 2.32. The zero-order valence-electron chi connectivity index (χ0n) is 8.74. The zero-order chi connectivity index (χ0) is 11.1. The number of amides is 1. The van der Waals surface area contributed by atoms with Crippen LogP contribution in [0.3, 0.4) is 0 Å². The van der Waals surface area contributed by atoms with Crippen molar-refractivity contribution in [2.75, 3.05) is 16.8 Å². The first kappa shape index (κ1) is 9.90. The first-order chi connectivity index (χ1) is 7.74. The summed E-state index contributed by atoms with van der Waals surface area (Å²) in [6.45, 7) is 0.958. The van der Waals surface area contributed by atoms with Crippen molar-refractivity contribution in [3.05, 3.63) is 17.3 Å². The fraction of sp³-hybridized carbons (Fsp3) is 0.455. The van der Waals surface area contributed by atoms with Crippen LogP contribution in [0, 0.1) is 0 Å². The summed E-state index contributed by atoms with van der Waals surface area (Å²) in [6.07, 6.45) is 2.72. The SMILES string of the molecule is O=C1CC2CCCN2c2nc(Cl)ccc2N1. The quantitative estimate of drug-likeness (QED) is 0.703. The van der Waals surface area contributed by atoms with Crippen LogP contribution in [0.25, 0.3) is 0 Å². The Balaban J connectivity index is 2.10. The summed E-state index contributed by atoms with van der Waals surface area (Å²) in [7, 11) is 0. The fourth-order valence-electron chi connectivity index (χ4n) is 2.48. The predicted octanol–water partition coefficient (Wildman–Crippen LogP) is 2.05. The van der Waals surface area contributed by atoms with Crippen molar-refractivity contribution in [3.8, 4) is 0 Å². The molecule has 0 aromatic carbocycles. The van der Waals surface area contributed by atoms with Gasteiger partial charge in [-0.05, 0) is 25.0 Å². The van der Waals surface area contributed by atoms with Gasteiger partial charge in [0, 0.05) is 19.0 Å². The van der Waals surface area contributed by atoms with Crippen molar-refractivity contribution in [1.82, 2.24) is 4.98 Å². The Kier molecular flexibility index (Phi) is 2.24. The molecule has 2 aliphatic rings. The number of pyridine rings is 1. The monoisotopic (exact) mass is 237 g/mol. The molecule has 0 radical (unpaired) electrons. The van der Waals surface area contributed by atoms with Crippen molar-refractivity contribution in [1.29, 1.82) is 0 Å². The summed E-state index contributed by atoms with van der Waals surface area (Å²) in [5, 5.41) is 3.35. The highest BCUT2D eigenvalue weighted by Crippen LogP contribution is 2.35. The highest BCUT2D eigenvalue weighted by molar-refractivity contribution is 6.29. The second kappa shape index (κ2) is 3.63. The first-order valence-electron chi connectivity index (χ1n) is 5.47. The van der Waals surface area contributed by atoms with Gasteiger partial charge < -0.3 is 10.2 Å². The predicted molar refractivity (Wildman–Crippen MR) is 62.9 cm³/mol. The van der Waals surface area contributed by atoms with Crippen molar-refractivity contribution in [3.63, 3.8) is 0 Å². The van der Waals surface area contributed by atoms with Gasteiger partial charge in [-0.1, -0.05) is 11.6 Å². The average molecular weight is 238 g/mol. The van der Waals surface area contributed by atoms with Gasteiger partial charge in [-0.3, -0.25) is 4.79 Å². The van der Waals surface area contributed by atoms with Gasteiger partial charge in [-0.15, -0.1) is 0 Å². The number of halogens is 1. The standard InChI is InChI=1S/C11H12ClN3O/c12-9-4-3-8-11(14-9)15-5-1-2-7(15)6-10(16)13-8/h3-4,7H,1-2,5-6H2,(H,13,16). The molecule has 3 heterocycles. The van der Waals surface area contributed by atoms with Crippen molar-refractivity contribution in [2.24, 2.45) is 0 Å². The summed E-state index contributed by atoms with van der Waals surface area (Å²) >= 11 is 5.91. The Morgan fingerprint density at radius 2 is 2.38 bits per heavy atom. The van der Waals surface area contributed by atoms with Crippen LogP contribution in [0.4, 0.5) is 11.5 Å². The largest absolute Gasteiger partial charge is 0.351 e. The van der Waals surface area contributed by atoms with E-state index in [1.54, 1.807) is 6.07 Å². The molecule has 1 amide bonds. The number of fused-ring (bicyclic) bond motifs is 3. The van der Waals surface area contributed by atoms with E-state index in [4.69, 9.17) is 11.6 Å². The van der Waals surface area contributed by atoms with Crippen LogP contribution < -0.4 is 10.2 Å². The molecule has 0 bridgehead atoms. The number of hydrogen-bond donors (Lipinski definition) is 1. The lowest BCUT2D eigenvalue weighted by Gasteiger charge is -2.23. The van der Waals surface area contributed by atoms with E-state index < -0.39 is 0 Å². The van der Waals surface area contributed by atoms with Crippen LogP contribution in [-0.4, -0.2) is 23.5 Å². The van der Waals surface area contributed by atoms with E-state index >= 15 is 0 Å². The van der Waals surface area contributed by atoms with E-state index in [9.17, 15) is 4.79 Å². The zero-order valence-corrected chi connectivity index (χ0v) is 9.50. The number of nitrogens with zero attached hydrogens (tertiary/aromatic N) is 2. The molecule has 1 aromatic rings. The Labute approximate surface area is 98.6 Å². The summed E-state index contributed by atoms with van der Waals surface area (Å²) in [5.41, 5.74) is 0.777. The van der Waals surface area contributed by atoms with Gasteiger partial charge in [-0.25, -0.2) is 4.98 Å². The lowest BCUT2D eigenvalue weighted by atomic mass is 10.1. The van der Waals surface area contributed by atoms with Gasteiger partial charge in [0.2, 0.25) is 5.91 Å². The molecule has 16 heavy (non-hydrogen) atoms. The van der Waals surface area contributed by atoms with E-state index in [1.165, 1.54) is 0 Å². The van der Waals surface area contributed by atoms with Gasteiger partial charge in [0.15, 0.2) is 5.82 Å². The normalized spacial score (nSPS) is 23.4. The molecule has 5 heteroatoms. The van der Waals surface area contributed by atoms with E-state index in [1.807, 2.05) is 6.07 Å². The Hall–Kier alpha value is -1.29. The van der Waals surface area contributed by atoms with Gasteiger partial charge in [0.05, 0.1) is 5.69 Å². The second-order valence-corrected chi connectivity index (χ2v) is 4.63. The van der Waals surface area contributed by atoms with Crippen LogP contribution in [0.5, 0.6) is 0 Å². The van der Waals surface area contributed by atoms with E-state index in [0.29, 0.717) is 11.6 Å².